The first-order chi connectivity index (χ1) is 11.6. The van der Waals surface area contributed by atoms with Crippen molar-refractivity contribution < 1.29 is 14.0 Å². The Morgan fingerprint density at radius 3 is 3.12 bits per heavy atom. The lowest BCUT2D eigenvalue weighted by molar-refractivity contribution is -0.128. The molecule has 2 N–H and O–H groups in total. The predicted octanol–water partition coefficient (Wildman–Crippen LogP) is 2.28. The third kappa shape index (κ3) is 4.17. The highest BCUT2D eigenvalue weighted by atomic mass is 32.1. The van der Waals surface area contributed by atoms with Gasteiger partial charge in [0.2, 0.25) is 11.8 Å². The Hall–Kier alpha value is -2.28. The molecule has 1 aliphatic heterocycles. The van der Waals surface area contributed by atoms with Gasteiger partial charge in [-0.15, -0.1) is 11.3 Å². The van der Waals surface area contributed by atoms with E-state index in [2.05, 4.69) is 15.6 Å². The highest BCUT2D eigenvalue weighted by Gasteiger charge is 2.22. The van der Waals surface area contributed by atoms with Crippen LogP contribution in [0.1, 0.15) is 25.0 Å². The second kappa shape index (κ2) is 7.53. The van der Waals surface area contributed by atoms with E-state index in [1.807, 2.05) is 0 Å². The predicted molar refractivity (Wildman–Crippen MR) is 90.0 cm³/mol. The minimum absolute atomic E-state index is 0.107. The topological polar surface area (TPSA) is 71.1 Å². The maximum Gasteiger partial charge on any atom is 0.242 e. The Balaban J connectivity index is 1.62. The molecule has 1 aromatic carbocycles. The van der Waals surface area contributed by atoms with Crippen molar-refractivity contribution in [3.8, 4) is 10.6 Å². The number of nitrogens with zero attached hydrogens (tertiary/aromatic N) is 1. The minimum Gasteiger partial charge on any atom is -0.354 e. The van der Waals surface area contributed by atoms with Gasteiger partial charge in [0.05, 0.1) is 12.1 Å². The molecule has 1 saturated heterocycles. The zero-order valence-electron chi connectivity index (χ0n) is 13.0. The SMILES string of the molecule is O=C(Cc1csc(-c2cccc(F)c2)n1)NC1CCCCNC1=O. The number of carbonyl (C=O) groups is 2. The van der Waals surface area contributed by atoms with E-state index in [1.165, 1.54) is 23.5 Å². The minimum atomic E-state index is -0.471. The zero-order valence-corrected chi connectivity index (χ0v) is 13.9. The standard InChI is InChI=1S/C17H18FN3O2S/c18-12-5-3-4-11(8-12)17-20-13(10-24-17)9-15(22)21-14-6-1-2-7-19-16(14)23/h3-5,8,10,14H,1-2,6-7,9H2,(H,19,23)(H,21,22). The molecule has 2 aromatic rings. The highest BCUT2D eigenvalue weighted by Crippen LogP contribution is 2.24. The average molecular weight is 347 g/mol. The number of aromatic nitrogens is 1. The quantitative estimate of drug-likeness (QED) is 0.891. The summed E-state index contributed by atoms with van der Waals surface area (Å²) >= 11 is 1.37. The number of rotatable bonds is 4. The van der Waals surface area contributed by atoms with E-state index < -0.39 is 6.04 Å². The van der Waals surface area contributed by atoms with E-state index in [1.54, 1.807) is 17.5 Å². The number of hydrogen-bond donors (Lipinski definition) is 2. The fourth-order valence-corrected chi connectivity index (χ4v) is 3.45. The lowest BCUT2D eigenvalue weighted by Gasteiger charge is -2.14. The van der Waals surface area contributed by atoms with Crippen LogP contribution in [0.15, 0.2) is 29.6 Å². The Morgan fingerprint density at radius 2 is 2.29 bits per heavy atom. The summed E-state index contributed by atoms with van der Waals surface area (Å²) in [6.07, 6.45) is 2.60. The summed E-state index contributed by atoms with van der Waals surface area (Å²) in [6.45, 7) is 0.661. The number of nitrogens with one attached hydrogen (secondary N) is 2. The molecular weight excluding hydrogens is 329 g/mol. The largest absolute Gasteiger partial charge is 0.354 e. The molecule has 1 aromatic heterocycles. The molecule has 1 fully saturated rings. The van der Waals surface area contributed by atoms with Gasteiger partial charge in [0.25, 0.3) is 0 Å². The van der Waals surface area contributed by atoms with Gasteiger partial charge >= 0.3 is 0 Å². The third-order valence-corrected chi connectivity index (χ3v) is 4.78. The van der Waals surface area contributed by atoms with Crippen LogP contribution in [-0.2, 0) is 16.0 Å². The molecular formula is C17H18FN3O2S. The van der Waals surface area contributed by atoms with Crippen LogP contribution in [-0.4, -0.2) is 29.4 Å². The summed E-state index contributed by atoms with van der Waals surface area (Å²) in [6, 6.07) is 5.73. The molecule has 0 saturated carbocycles. The highest BCUT2D eigenvalue weighted by molar-refractivity contribution is 7.13. The van der Waals surface area contributed by atoms with Gasteiger partial charge in [-0.05, 0) is 31.4 Å². The third-order valence-electron chi connectivity index (χ3n) is 3.84. The molecule has 0 spiro atoms. The number of benzene rings is 1. The molecule has 7 heteroatoms. The van der Waals surface area contributed by atoms with Crippen LogP contribution < -0.4 is 10.6 Å². The molecule has 126 valence electrons. The van der Waals surface area contributed by atoms with Crippen molar-refractivity contribution in [1.29, 1.82) is 0 Å². The lowest BCUT2D eigenvalue weighted by atomic mass is 10.1. The molecule has 24 heavy (non-hydrogen) atoms. The van der Waals surface area contributed by atoms with Crippen LogP contribution in [0.2, 0.25) is 0 Å². The zero-order chi connectivity index (χ0) is 16.9. The number of halogens is 1. The summed E-state index contributed by atoms with van der Waals surface area (Å²) in [5.74, 6) is -0.672. The number of carbonyl (C=O) groups excluding carboxylic acids is 2. The van der Waals surface area contributed by atoms with Crippen LogP contribution in [0.5, 0.6) is 0 Å². The molecule has 3 rings (SSSR count). The van der Waals surface area contributed by atoms with Crippen LogP contribution in [0.4, 0.5) is 4.39 Å². The molecule has 0 aliphatic carbocycles. The van der Waals surface area contributed by atoms with E-state index in [0.717, 1.165) is 12.8 Å². The fourth-order valence-electron chi connectivity index (χ4n) is 2.63. The Bertz CT molecular complexity index is 747. The van der Waals surface area contributed by atoms with Gasteiger partial charge in [-0.1, -0.05) is 12.1 Å². The Morgan fingerprint density at radius 1 is 1.42 bits per heavy atom. The molecule has 1 unspecified atom stereocenters. The van der Waals surface area contributed by atoms with E-state index >= 15 is 0 Å². The molecule has 2 amide bonds. The molecule has 2 heterocycles. The monoisotopic (exact) mass is 347 g/mol. The van der Waals surface area contributed by atoms with Crippen molar-refractivity contribution >= 4 is 23.2 Å². The van der Waals surface area contributed by atoms with Crippen LogP contribution in [0.25, 0.3) is 10.6 Å². The number of amides is 2. The molecule has 1 atom stereocenters. The van der Waals surface area contributed by atoms with Gasteiger partial charge in [-0.25, -0.2) is 9.37 Å². The normalized spacial score (nSPS) is 17.9. The van der Waals surface area contributed by atoms with Crippen molar-refractivity contribution in [3.63, 3.8) is 0 Å². The molecule has 5 nitrogen and oxygen atoms in total. The van der Waals surface area contributed by atoms with Crippen molar-refractivity contribution in [2.24, 2.45) is 0 Å². The first kappa shape index (κ1) is 16.6. The number of thiazole rings is 1. The first-order valence-electron chi connectivity index (χ1n) is 7.89. The maximum absolute atomic E-state index is 13.3. The van der Waals surface area contributed by atoms with E-state index in [9.17, 15) is 14.0 Å². The van der Waals surface area contributed by atoms with Crippen LogP contribution in [0, 0.1) is 5.82 Å². The van der Waals surface area contributed by atoms with Gasteiger partial charge in [-0.2, -0.15) is 0 Å². The average Bonchev–Trinajstić information content (AvgIpc) is 2.92. The number of hydrogen-bond acceptors (Lipinski definition) is 4. The van der Waals surface area contributed by atoms with Gasteiger partial charge in [0.1, 0.15) is 16.9 Å². The smallest absolute Gasteiger partial charge is 0.242 e. The summed E-state index contributed by atoms with van der Waals surface area (Å²) in [5.41, 5.74) is 1.31. The Kier molecular flexibility index (Phi) is 5.20. The summed E-state index contributed by atoms with van der Waals surface area (Å²) < 4.78 is 13.3. The van der Waals surface area contributed by atoms with Crippen molar-refractivity contribution in [2.45, 2.75) is 31.7 Å². The van der Waals surface area contributed by atoms with Crippen LogP contribution >= 0.6 is 11.3 Å². The van der Waals surface area contributed by atoms with E-state index in [-0.39, 0.29) is 24.1 Å². The van der Waals surface area contributed by atoms with Gasteiger partial charge in [0.15, 0.2) is 0 Å². The van der Waals surface area contributed by atoms with Crippen molar-refractivity contribution in [2.75, 3.05) is 6.54 Å². The first-order valence-corrected chi connectivity index (χ1v) is 8.77. The summed E-state index contributed by atoms with van der Waals surface area (Å²) in [4.78, 5) is 28.4. The van der Waals surface area contributed by atoms with E-state index in [4.69, 9.17) is 0 Å². The van der Waals surface area contributed by atoms with E-state index in [0.29, 0.717) is 29.2 Å². The second-order valence-electron chi connectivity index (χ2n) is 5.74. The summed E-state index contributed by atoms with van der Waals surface area (Å²) in [7, 11) is 0. The van der Waals surface area contributed by atoms with Gasteiger partial charge < -0.3 is 10.6 Å². The maximum atomic E-state index is 13.3. The molecule has 0 bridgehead atoms. The van der Waals surface area contributed by atoms with Gasteiger partial charge in [0, 0.05) is 17.5 Å². The molecule has 1 aliphatic rings. The Labute approximate surface area is 143 Å². The molecule has 0 radical (unpaired) electrons. The fraction of sp³-hybridized carbons (Fsp3) is 0.353. The van der Waals surface area contributed by atoms with Crippen LogP contribution in [0.3, 0.4) is 0 Å². The lowest BCUT2D eigenvalue weighted by Crippen LogP contribution is -2.46. The van der Waals surface area contributed by atoms with Crippen molar-refractivity contribution in [3.05, 3.63) is 41.2 Å². The van der Waals surface area contributed by atoms with Crippen molar-refractivity contribution in [1.82, 2.24) is 15.6 Å². The second-order valence-corrected chi connectivity index (χ2v) is 6.60. The van der Waals surface area contributed by atoms with Gasteiger partial charge in [-0.3, -0.25) is 9.59 Å². The summed E-state index contributed by atoms with van der Waals surface area (Å²) in [5, 5.41) is 8.02.